The molecule has 3 aromatic rings. The molecule has 0 saturated heterocycles. The van der Waals surface area contributed by atoms with Gasteiger partial charge in [0, 0.05) is 17.0 Å². The molecule has 178 valence electrons. The molecule has 1 amide bonds. The highest BCUT2D eigenvalue weighted by molar-refractivity contribution is 7.17. The van der Waals surface area contributed by atoms with Gasteiger partial charge in [-0.2, -0.15) is 0 Å². The number of fused-ring (bicyclic) bond motifs is 1. The molecule has 0 radical (unpaired) electrons. The number of furan rings is 1. The first-order chi connectivity index (χ1) is 16.4. The molecular weight excluding hydrogens is 484 g/mol. The van der Waals surface area contributed by atoms with E-state index in [2.05, 4.69) is 5.32 Å². The van der Waals surface area contributed by atoms with Gasteiger partial charge in [0.2, 0.25) is 0 Å². The molecule has 1 N–H and O–H groups in total. The molecule has 11 heteroatoms. The van der Waals surface area contributed by atoms with Gasteiger partial charge in [-0.1, -0.05) is 11.6 Å². The minimum atomic E-state index is -0.551. The number of carbonyl (C=O) groups excluding carboxylic acids is 2. The third-order valence-electron chi connectivity index (χ3n) is 5.26. The van der Waals surface area contributed by atoms with E-state index in [0.717, 1.165) is 36.1 Å². The van der Waals surface area contributed by atoms with Crippen LogP contribution in [0, 0.1) is 10.1 Å². The van der Waals surface area contributed by atoms with Crippen molar-refractivity contribution in [2.24, 2.45) is 0 Å². The number of aryl methyl sites for hydroxylation is 1. The molecular formula is C23H21ClN2O7S. The molecule has 1 aromatic carbocycles. The number of amides is 1. The number of thiophene rings is 1. The minimum absolute atomic E-state index is 0.0355. The van der Waals surface area contributed by atoms with Gasteiger partial charge in [-0.3, -0.25) is 14.9 Å². The quantitative estimate of drug-likeness (QED) is 0.234. The topological polar surface area (TPSA) is 121 Å². The van der Waals surface area contributed by atoms with E-state index in [0.29, 0.717) is 16.3 Å². The zero-order chi connectivity index (χ0) is 24.2. The molecule has 0 spiro atoms. The van der Waals surface area contributed by atoms with E-state index in [-0.39, 0.29) is 35.4 Å². The van der Waals surface area contributed by atoms with Crippen molar-refractivity contribution < 1.29 is 28.4 Å². The lowest BCUT2D eigenvalue weighted by atomic mass is 9.95. The Bertz CT molecular complexity index is 1250. The Hall–Kier alpha value is -3.37. The molecule has 0 bridgehead atoms. The molecule has 0 saturated carbocycles. The van der Waals surface area contributed by atoms with Crippen molar-refractivity contribution in [1.82, 2.24) is 0 Å². The number of hydrogen-bond acceptors (Lipinski definition) is 8. The van der Waals surface area contributed by atoms with E-state index < -0.39 is 16.8 Å². The van der Waals surface area contributed by atoms with Gasteiger partial charge in [0.1, 0.15) is 23.1 Å². The summed E-state index contributed by atoms with van der Waals surface area (Å²) in [6.45, 7) is 1.95. The standard InChI is InChI=1S/C23H21ClN2O7S/c1-2-31-23(28)20-15-5-3-4-6-19(15)34-22(20)25-21(27)18-10-8-14(33-18)12-32-17-9-7-13(26(29)30)11-16(17)24/h7-11H,2-6,12H2,1H3,(H,25,27). The van der Waals surface area contributed by atoms with Crippen molar-refractivity contribution in [3.05, 3.63) is 73.0 Å². The average Bonchev–Trinajstić information content (AvgIpc) is 3.42. The number of esters is 1. The number of rotatable bonds is 8. The Morgan fingerprint density at radius 1 is 1.24 bits per heavy atom. The fraction of sp³-hybridized carbons (Fsp3) is 0.304. The Kier molecular flexibility index (Phi) is 7.18. The largest absolute Gasteiger partial charge is 0.484 e. The molecule has 1 aliphatic carbocycles. The van der Waals surface area contributed by atoms with Crippen molar-refractivity contribution in [3.8, 4) is 5.75 Å². The van der Waals surface area contributed by atoms with E-state index >= 15 is 0 Å². The lowest BCUT2D eigenvalue weighted by Crippen LogP contribution is -2.15. The van der Waals surface area contributed by atoms with Gasteiger partial charge in [0.25, 0.3) is 11.6 Å². The summed E-state index contributed by atoms with van der Waals surface area (Å²) < 4.78 is 16.4. The Labute approximate surface area is 203 Å². The number of nitro groups is 1. The van der Waals surface area contributed by atoms with Crippen LogP contribution >= 0.6 is 22.9 Å². The number of nitro benzene ring substituents is 1. The Morgan fingerprint density at radius 2 is 2.03 bits per heavy atom. The zero-order valence-electron chi connectivity index (χ0n) is 18.2. The first kappa shape index (κ1) is 23.8. The summed E-state index contributed by atoms with van der Waals surface area (Å²) in [6, 6.07) is 6.96. The highest BCUT2D eigenvalue weighted by Gasteiger charge is 2.28. The maximum atomic E-state index is 12.8. The number of halogens is 1. The summed E-state index contributed by atoms with van der Waals surface area (Å²) in [4.78, 5) is 36.8. The van der Waals surface area contributed by atoms with Crippen LogP contribution in [0.2, 0.25) is 5.02 Å². The number of ether oxygens (including phenoxy) is 2. The number of hydrogen-bond donors (Lipinski definition) is 1. The summed E-state index contributed by atoms with van der Waals surface area (Å²) in [7, 11) is 0. The van der Waals surface area contributed by atoms with Gasteiger partial charge in [0.15, 0.2) is 5.76 Å². The molecule has 2 heterocycles. The minimum Gasteiger partial charge on any atom is -0.484 e. The predicted molar refractivity (Wildman–Crippen MR) is 126 cm³/mol. The smallest absolute Gasteiger partial charge is 0.341 e. The van der Waals surface area contributed by atoms with Crippen LogP contribution in [-0.2, 0) is 24.2 Å². The van der Waals surface area contributed by atoms with E-state index in [1.54, 1.807) is 13.0 Å². The molecule has 0 unspecified atom stereocenters. The first-order valence-electron chi connectivity index (χ1n) is 10.7. The Balaban J connectivity index is 1.45. The number of carbonyl (C=O) groups is 2. The highest BCUT2D eigenvalue weighted by Crippen LogP contribution is 2.39. The van der Waals surface area contributed by atoms with E-state index in [1.807, 2.05) is 0 Å². The van der Waals surface area contributed by atoms with Crippen molar-refractivity contribution >= 4 is 45.5 Å². The summed E-state index contributed by atoms with van der Waals surface area (Å²) in [5, 5.41) is 14.2. The van der Waals surface area contributed by atoms with E-state index in [4.69, 9.17) is 25.5 Å². The van der Waals surface area contributed by atoms with Gasteiger partial charge in [-0.15, -0.1) is 11.3 Å². The maximum Gasteiger partial charge on any atom is 0.341 e. The number of nitrogens with one attached hydrogen (secondary N) is 1. The molecule has 0 atom stereocenters. The third kappa shape index (κ3) is 5.07. The molecule has 0 fully saturated rings. The van der Waals surface area contributed by atoms with Crippen LogP contribution in [0.1, 0.15) is 56.9 Å². The molecule has 0 aliphatic heterocycles. The van der Waals surface area contributed by atoms with Crippen molar-refractivity contribution in [1.29, 1.82) is 0 Å². The van der Waals surface area contributed by atoms with Gasteiger partial charge in [0.05, 0.1) is 22.1 Å². The fourth-order valence-electron chi connectivity index (χ4n) is 3.68. The molecule has 1 aliphatic rings. The average molecular weight is 505 g/mol. The Morgan fingerprint density at radius 3 is 2.76 bits per heavy atom. The van der Waals surface area contributed by atoms with Crippen molar-refractivity contribution in [2.45, 2.75) is 39.2 Å². The molecule has 4 rings (SSSR count). The van der Waals surface area contributed by atoms with Crippen molar-refractivity contribution in [3.63, 3.8) is 0 Å². The number of nitrogens with zero attached hydrogens (tertiary/aromatic N) is 1. The normalized spacial score (nSPS) is 12.6. The highest BCUT2D eigenvalue weighted by atomic mass is 35.5. The van der Waals surface area contributed by atoms with Crippen LogP contribution in [-0.4, -0.2) is 23.4 Å². The summed E-state index contributed by atoms with van der Waals surface area (Å²) in [5.74, 6) is -0.280. The van der Waals surface area contributed by atoms with Gasteiger partial charge < -0.3 is 19.2 Å². The summed E-state index contributed by atoms with van der Waals surface area (Å²) in [5.41, 5.74) is 1.24. The second kappa shape index (κ2) is 10.3. The monoisotopic (exact) mass is 504 g/mol. The fourth-order valence-corrected chi connectivity index (χ4v) is 5.19. The third-order valence-corrected chi connectivity index (χ3v) is 6.76. The van der Waals surface area contributed by atoms with Gasteiger partial charge in [-0.25, -0.2) is 4.79 Å². The second-order valence-electron chi connectivity index (χ2n) is 7.52. The number of anilines is 1. The lowest BCUT2D eigenvalue weighted by Gasteiger charge is -2.12. The van der Waals surface area contributed by atoms with Crippen LogP contribution in [0.3, 0.4) is 0 Å². The first-order valence-corrected chi connectivity index (χ1v) is 11.8. The molecule has 9 nitrogen and oxygen atoms in total. The predicted octanol–water partition coefficient (Wildman–Crippen LogP) is 5.79. The van der Waals surface area contributed by atoms with Crippen LogP contribution in [0.25, 0.3) is 0 Å². The van der Waals surface area contributed by atoms with Crippen molar-refractivity contribution in [2.75, 3.05) is 11.9 Å². The second-order valence-corrected chi connectivity index (χ2v) is 9.03. The van der Waals surface area contributed by atoms with Gasteiger partial charge in [-0.05, 0) is 56.4 Å². The van der Waals surface area contributed by atoms with E-state index in [9.17, 15) is 19.7 Å². The zero-order valence-corrected chi connectivity index (χ0v) is 19.8. The summed E-state index contributed by atoms with van der Waals surface area (Å²) in [6.07, 6.45) is 3.69. The molecule has 2 aromatic heterocycles. The molecule has 34 heavy (non-hydrogen) atoms. The lowest BCUT2D eigenvalue weighted by molar-refractivity contribution is -0.384. The number of benzene rings is 1. The van der Waals surface area contributed by atoms with Crippen LogP contribution in [0.4, 0.5) is 10.7 Å². The van der Waals surface area contributed by atoms with Crippen LogP contribution in [0.5, 0.6) is 5.75 Å². The van der Waals surface area contributed by atoms with E-state index in [1.165, 1.54) is 35.6 Å². The SMILES string of the molecule is CCOC(=O)c1c(NC(=O)c2ccc(COc3ccc([N+](=O)[O-])cc3Cl)o2)sc2c1CCCC2. The maximum absolute atomic E-state index is 12.8. The van der Waals surface area contributed by atoms with Crippen LogP contribution in [0.15, 0.2) is 34.7 Å². The summed E-state index contributed by atoms with van der Waals surface area (Å²) >= 11 is 7.43. The van der Waals surface area contributed by atoms with Gasteiger partial charge >= 0.3 is 5.97 Å². The number of non-ortho nitro benzene ring substituents is 1. The van der Waals surface area contributed by atoms with Crippen LogP contribution < -0.4 is 10.1 Å².